The van der Waals surface area contributed by atoms with E-state index in [0.29, 0.717) is 11.3 Å². The van der Waals surface area contributed by atoms with E-state index in [9.17, 15) is 14.7 Å². The van der Waals surface area contributed by atoms with Crippen molar-refractivity contribution in [3.63, 3.8) is 0 Å². The lowest BCUT2D eigenvalue weighted by Gasteiger charge is -2.19. The van der Waals surface area contributed by atoms with E-state index < -0.39 is 12.0 Å². The first-order valence-electron chi connectivity index (χ1n) is 10.5. The summed E-state index contributed by atoms with van der Waals surface area (Å²) in [5.74, 6) is -0.197. The molecule has 0 fully saturated rings. The minimum atomic E-state index is -0.567. The van der Waals surface area contributed by atoms with E-state index in [0.717, 1.165) is 5.56 Å². The molecule has 0 bridgehead atoms. The third kappa shape index (κ3) is 6.05. The van der Waals surface area contributed by atoms with Crippen molar-refractivity contribution in [2.24, 2.45) is 0 Å². The molecule has 0 aliphatic heterocycles. The Balaban J connectivity index is 1.88. The average molecular weight is 450 g/mol. The number of aromatic nitrogens is 2. The topological polar surface area (TPSA) is 117 Å². The Labute approximate surface area is 192 Å². The van der Waals surface area contributed by atoms with Crippen LogP contribution >= 0.6 is 0 Å². The van der Waals surface area contributed by atoms with Crippen LogP contribution in [0, 0.1) is 0 Å². The number of carbonyl (C=O) groups is 2. The van der Waals surface area contributed by atoms with Crippen molar-refractivity contribution in [1.29, 1.82) is 0 Å². The highest BCUT2D eigenvalue weighted by atomic mass is 16.5. The summed E-state index contributed by atoms with van der Waals surface area (Å²) in [6, 6.07) is 15.8. The van der Waals surface area contributed by atoms with Crippen LogP contribution in [0.4, 0.5) is 17.5 Å². The summed E-state index contributed by atoms with van der Waals surface area (Å²) in [6.45, 7) is 1.71. The number of esters is 1. The van der Waals surface area contributed by atoms with E-state index in [1.54, 1.807) is 45.3 Å². The van der Waals surface area contributed by atoms with Crippen LogP contribution in [0.25, 0.3) is 0 Å². The molecule has 0 aliphatic carbocycles. The highest BCUT2D eigenvalue weighted by molar-refractivity contribution is 5.95. The molecule has 0 radical (unpaired) electrons. The fourth-order valence-electron chi connectivity index (χ4n) is 3.08. The first-order valence-corrected chi connectivity index (χ1v) is 10.5. The van der Waals surface area contributed by atoms with Crippen molar-refractivity contribution in [2.45, 2.75) is 13.0 Å². The van der Waals surface area contributed by atoms with Gasteiger partial charge in [0.05, 0.1) is 19.3 Å². The van der Waals surface area contributed by atoms with Gasteiger partial charge >= 0.3 is 5.97 Å². The Morgan fingerprint density at radius 1 is 1.09 bits per heavy atom. The second kappa shape index (κ2) is 11.1. The zero-order valence-corrected chi connectivity index (χ0v) is 18.8. The third-order valence-corrected chi connectivity index (χ3v) is 4.77. The van der Waals surface area contributed by atoms with Crippen LogP contribution in [0.2, 0.25) is 0 Å². The molecule has 0 saturated heterocycles. The molecule has 1 amide bonds. The van der Waals surface area contributed by atoms with E-state index in [-0.39, 0.29) is 36.5 Å². The standard InChI is InChI=1S/C24H27N5O4/c1-4-33-23(32)19-14-25-24(26-18-12-10-17(11-13-18)22(31)29(2)3)28-21(19)27-20(15-30)16-8-6-5-7-9-16/h5-14,20,30H,4,15H2,1-3H3,(H2,25,26,27,28). The van der Waals surface area contributed by atoms with Crippen LogP contribution in [-0.2, 0) is 4.74 Å². The molecule has 0 saturated carbocycles. The Bertz CT molecular complexity index is 1090. The zero-order valence-electron chi connectivity index (χ0n) is 18.8. The predicted molar refractivity (Wildman–Crippen MR) is 126 cm³/mol. The maximum absolute atomic E-state index is 12.4. The van der Waals surface area contributed by atoms with E-state index in [1.807, 2.05) is 30.3 Å². The Kier molecular flexibility index (Phi) is 7.93. The van der Waals surface area contributed by atoms with Crippen molar-refractivity contribution in [3.05, 3.63) is 77.5 Å². The number of nitrogens with zero attached hydrogens (tertiary/aromatic N) is 3. The van der Waals surface area contributed by atoms with E-state index in [2.05, 4.69) is 20.6 Å². The molecule has 0 spiro atoms. The maximum atomic E-state index is 12.4. The number of aliphatic hydroxyl groups is 1. The second-order valence-electron chi connectivity index (χ2n) is 7.37. The van der Waals surface area contributed by atoms with Gasteiger partial charge in [0, 0.05) is 31.5 Å². The highest BCUT2D eigenvalue weighted by Gasteiger charge is 2.20. The Morgan fingerprint density at radius 2 is 1.79 bits per heavy atom. The summed E-state index contributed by atoms with van der Waals surface area (Å²) in [6.07, 6.45) is 1.37. The summed E-state index contributed by atoms with van der Waals surface area (Å²) in [5.41, 5.74) is 2.22. The van der Waals surface area contributed by atoms with Gasteiger partial charge in [-0.05, 0) is 36.8 Å². The molecule has 3 rings (SSSR count). The molecule has 9 nitrogen and oxygen atoms in total. The minimum Gasteiger partial charge on any atom is -0.462 e. The van der Waals surface area contributed by atoms with Crippen molar-refractivity contribution in [2.75, 3.05) is 37.9 Å². The minimum absolute atomic E-state index is 0.0981. The number of amides is 1. The Morgan fingerprint density at radius 3 is 2.39 bits per heavy atom. The molecular weight excluding hydrogens is 422 g/mol. The number of rotatable bonds is 9. The van der Waals surface area contributed by atoms with Crippen LogP contribution in [0.5, 0.6) is 0 Å². The highest BCUT2D eigenvalue weighted by Crippen LogP contribution is 2.24. The van der Waals surface area contributed by atoms with Gasteiger partial charge < -0.3 is 25.4 Å². The number of benzene rings is 2. The van der Waals surface area contributed by atoms with Gasteiger partial charge in [0.2, 0.25) is 5.95 Å². The predicted octanol–water partition coefficient (Wildman–Crippen LogP) is 3.24. The number of nitrogens with one attached hydrogen (secondary N) is 2. The van der Waals surface area contributed by atoms with E-state index >= 15 is 0 Å². The number of anilines is 3. The van der Waals surface area contributed by atoms with Crippen molar-refractivity contribution >= 4 is 29.3 Å². The van der Waals surface area contributed by atoms with Gasteiger partial charge in [0.1, 0.15) is 11.4 Å². The first-order chi connectivity index (χ1) is 15.9. The first kappa shape index (κ1) is 23.7. The van der Waals surface area contributed by atoms with E-state index in [1.165, 1.54) is 11.1 Å². The smallest absolute Gasteiger partial charge is 0.343 e. The van der Waals surface area contributed by atoms with Gasteiger partial charge in [0.25, 0.3) is 5.91 Å². The molecule has 172 valence electrons. The van der Waals surface area contributed by atoms with Crippen molar-refractivity contribution < 1.29 is 19.4 Å². The third-order valence-electron chi connectivity index (χ3n) is 4.77. The summed E-state index contributed by atoms with van der Waals surface area (Å²) in [4.78, 5) is 34.7. The van der Waals surface area contributed by atoms with Gasteiger partial charge in [-0.3, -0.25) is 4.79 Å². The maximum Gasteiger partial charge on any atom is 0.343 e. The zero-order chi connectivity index (χ0) is 23.8. The molecular formula is C24H27N5O4. The van der Waals surface area contributed by atoms with Gasteiger partial charge in [-0.1, -0.05) is 30.3 Å². The average Bonchev–Trinajstić information content (AvgIpc) is 2.83. The van der Waals surface area contributed by atoms with Gasteiger partial charge in [-0.25, -0.2) is 9.78 Å². The molecule has 33 heavy (non-hydrogen) atoms. The molecule has 1 aromatic heterocycles. The number of hydrogen-bond donors (Lipinski definition) is 3. The summed E-state index contributed by atoms with van der Waals surface area (Å²) >= 11 is 0. The van der Waals surface area contributed by atoms with Crippen LogP contribution in [-0.4, -0.2) is 59.2 Å². The van der Waals surface area contributed by atoms with E-state index in [4.69, 9.17) is 4.74 Å². The quantitative estimate of drug-likeness (QED) is 0.426. The van der Waals surface area contributed by atoms with Crippen LogP contribution in [0.3, 0.4) is 0 Å². The second-order valence-corrected chi connectivity index (χ2v) is 7.37. The van der Waals surface area contributed by atoms with Gasteiger partial charge in [-0.15, -0.1) is 0 Å². The number of aliphatic hydroxyl groups excluding tert-OH is 1. The van der Waals surface area contributed by atoms with Crippen LogP contribution in [0.1, 0.15) is 39.2 Å². The lowest BCUT2D eigenvalue weighted by molar-refractivity contribution is 0.0526. The molecule has 3 aromatic rings. The number of ether oxygens (including phenoxy) is 1. The monoisotopic (exact) mass is 449 g/mol. The fourth-order valence-corrected chi connectivity index (χ4v) is 3.08. The summed E-state index contributed by atoms with van der Waals surface area (Å²) < 4.78 is 5.12. The molecule has 1 unspecified atom stereocenters. The molecule has 0 aliphatic rings. The summed E-state index contributed by atoms with van der Waals surface area (Å²) in [5, 5.41) is 16.1. The van der Waals surface area contributed by atoms with Gasteiger partial charge in [0.15, 0.2) is 0 Å². The van der Waals surface area contributed by atoms with Crippen LogP contribution < -0.4 is 10.6 Å². The lowest BCUT2D eigenvalue weighted by atomic mass is 10.1. The normalized spacial score (nSPS) is 11.4. The van der Waals surface area contributed by atoms with Gasteiger partial charge in [-0.2, -0.15) is 4.98 Å². The Hall–Kier alpha value is -3.98. The fraction of sp³-hybridized carbons (Fsp3) is 0.250. The van der Waals surface area contributed by atoms with Crippen LogP contribution in [0.15, 0.2) is 60.8 Å². The summed E-state index contributed by atoms with van der Waals surface area (Å²) in [7, 11) is 3.38. The number of hydrogen-bond acceptors (Lipinski definition) is 8. The SMILES string of the molecule is CCOC(=O)c1cnc(Nc2ccc(C(=O)N(C)C)cc2)nc1NC(CO)c1ccccc1. The molecule has 9 heteroatoms. The lowest BCUT2D eigenvalue weighted by Crippen LogP contribution is -2.21. The molecule has 3 N–H and O–H groups in total. The largest absolute Gasteiger partial charge is 0.462 e. The van der Waals surface area contributed by atoms with Crippen molar-refractivity contribution in [1.82, 2.24) is 14.9 Å². The molecule has 1 heterocycles. The molecule has 1 atom stereocenters. The van der Waals surface area contributed by atoms with Crippen molar-refractivity contribution in [3.8, 4) is 0 Å². The molecule has 2 aromatic carbocycles. The number of carbonyl (C=O) groups excluding carboxylic acids is 2.